The highest BCUT2D eigenvalue weighted by molar-refractivity contribution is 7.90. The van der Waals surface area contributed by atoms with Crippen molar-refractivity contribution in [2.75, 3.05) is 0 Å². The van der Waals surface area contributed by atoms with Crippen LogP contribution in [0.5, 0.6) is 0 Å². The molecule has 8 nitrogen and oxygen atoms in total. The lowest BCUT2D eigenvalue weighted by molar-refractivity contribution is 0.0785. The largest absolute Gasteiger partial charge is 0.386 e. The van der Waals surface area contributed by atoms with Gasteiger partial charge in [-0.15, -0.1) is 13.2 Å². The number of hydrogen-bond donors (Lipinski definition) is 2. The maximum absolute atomic E-state index is 14.5. The second-order valence-electron chi connectivity index (χ2n) is 12.2. The van der Waals surface area contributed by atoms with Gasteiger partial charge in [0.25, 0.3) is 10.0 Å². The van der Waals surface area contributed by atoms with E-state index in [0.717, 1.165) is 5.56 Å². The number of aryl methyl sites for hydroxylation is 1. The predicted octanol–water partition coefficient (Wildman–Crippen LogP) is 7.47. The van der Waals surface area contributed by atoms with E-state index in [2.05, 4.69) is 22.9 Å². The summed E-state index contributed by atoms with van der Waals surface area (Å²) in [6.07, 6.45) is 1.60. The zero-order valence-corrected chi connectivity index (χ0v) is 29.2. The van der Waals surface area contributed by atoms with Crippen molar-refractivity contribution >= 4 is 43.6 Å². The molecule has 0 saturated carbocycles. The number of hydrogen-bond acceptors (Lipinski definition) is 6. The number of imidazole rings is 1. The van der Waals surface area contributed by atoms with E-state index in [0.29, 0.717) is 38.4 Å². The molecule has 0 fully saturated rings. The number of rotatable bonds is 8. The molecule has 3 aromatic carbocycles. The standard InChI is InChI=1S/C33H35ClN4O4S2.C2H4/c1-21-14-16-23(17-15-21)44(41,42)38-28-13-9-11-25(27-20-22(18-19-35-27)33(5,6)39)29(28)36-31(38)30(37-43(40)32(2,3)4)24-10-7-8-12-26(24)34;1-2/h7-20,30,37,39H,1-6H3;1-2H2. The van der Waals surface area contributed by atoms with Crippen LogP contribution in [-0.4, -0.2) is 36.4 Å². The summed E-state index contributed by atoms with van der Waals surface area (Å²) in [7, 11) is -5.86. The maximum atomic E-state index is 14.5. The van der Waals surface area contributed by atoms with Gasteiger partial charge >= 0.3 is 0 Å². The first-order valence-electron chi connectivity index (χ1n) is 14.5. The molecule has 0 saturated heterocycles. The molecule has 0 bridgehead atoms. The first kappa shape index (κ1) is 35.2. The summed E-state index contributed by atoms with van der Waals surface area (Å²) in [5, 5.41) is 11.0. The Morgan fingerprint density at radius 1 is 0.957 bits per heavy atom. The SMILES string of the molecule is C=C.Cc1ccc(S(=O)(=O)n2c(C(NS(=O)C(C)(C)C)c3ccccc3Cl)nc3c(-c4cc(C(C)(C)O)ccn4)cccc32)cc1. The third-order valence-corrected chi connectivity index (χ3v) is 10.9. The van der Waals surface area contributed by atoms with E-state index in [-0.39, 0.29) is 10.7 Å². The first-order chi connectivity index (χ1) is 21.6. The number of para-hydroxylation sites is 1. The molecular formula is C35H39ClN4O4S2. The molecule has 0 aliphatic rings. The van der Waals surface area contributed by atoms with Crippen molar-refractivity contribution in [3.05, 3.63) is 126 Å². The molecule has 2 atom stereocenters. The molecule has 0 amide bonds. The molecule has 5 rings (SSSR count). The van der Waals surface area contributed by atoms with Crippen LogP contribution in [0.4, 0.5) is 0 Å². The van der Waals surface area contributed by atoms with Gasteiger partial charge in [-0.2, -0.15) is 0 Å². The van der Waals surface area contributed by atoms with Crippen LogP contribution in [0, 0.1) is 6.92 Å². The summed E-state index contributed by atoms with van der Waals surface area (Å²) in [6.45, 7) is 16.7. The number of benzene rings is 3. The van der Waals surface area contributed by atoms with Crippen molar-refractivity contribution in [3.63, 3.8) is 0 Å². The van der Waals surface area contributed by atoms with E-state index in [1.165, 1.54) is 3.97 Å². The van der Waals surface area contributed by atoms with E-state index in [4.69, 9.17) is 16.6 Å². The molecule has 11 heteroatoms. The topological polar surface area (TPSA) is 114 Å². The third kappa shape index (κ3) is 7.16. The molecule has 5 aromatic rings. The van der Waals surface area contributed by atoms with Crippen molar-refractivity contribution in [1.29, 1.82) is 0 Å². The normalized spacial score (nSPS) is 13.6. The Morgan fingerprint density at radius 2 is 1.61 bits per heavy atom. The predicted molar refractivity (Wildman–Crippen MR) is 188 cm³/mol. The molecule has 242 valence electrons. The van der Waals surface area contributed by atoms with E-state index in [1.54, 1.807) is 92.8 Å². The van der Waals surface area contributed by atoms with Crippen LogP contribution in [0.15, 0.2) is 103 Å². The minimum Gasteiger partial charge on any atom is -0.386 e. The number of pyridine rings is 1. The van der Waals surface area contributed by atoms with Crippen molar-refractivity contribution in [2.24, 2.45) is 0 Å². The smallest absolute Gasteiger partial charge is 0.269 e. The number of aromatic nitrogens is 3. The van der Waals surface area contributed by atoms with Crippen molar-refractivity contribution in [2.45, 2.75) is 62.8 Å². The third-order valence-electron chi connectivity index (χ3n) is 7.22. The summed E-state index contributed by atoms with van der Waals surface area (Å²) < 4.78 is 46.3. The minimum absolute atomic E-state index is 0.0751. The summed E-state index contributed by atoms with van der Waals surface area (Å²) in [5.74, 6) is 0.0948. The summed E-state index contributed by atoms with van der Waals surface area (Å²) in [4.78, 5) is 9.59. The fourth-order valence-corrected chi connectivity index (χ4v) is 7.29. The molecule has 0 aliphatic heterocycles. The summed E-state index contributed by atoms with van der Waals surface area (Å²) >= 11 is 6.69. The maximum Gasteiger partial charge on any atom is 0.269 e. The fraction of sp³-hybridized carbons (Fsp3) is 0.257. The average Bonchev–Trinajstić information content (AvgIpc) is 3.41. The molecule has 2 heterocycles. The minimum atomic E-state index is -4.23. The Morgan fingerprint density at radius 3 is 2.22 bits per heavy atom. The fourth-order valence-electron chi connectivity index (χ4n) is 4.76. The molecule has 2 unspecified atom stereocenters. The molecule has 46 heavy (non-hydrogen) atoms. The van der Waals surface area contributed by atoms with Crippen LogP contribution in [0.3, 0.4) is 0 Å². The summed E-state index contributed by atoms with van der Waals surface area (Å²) in [5.41, 5.74) is 2.72. The zero-order valence-electron chi connectivity index (χ0n) is 26.8. The Bertz CT molecular complexity index is 1990. The van der Waals surface area contributed by atoms with Crippen LogP contribution in [0.1, 0.15) is 63.2 Å². The number of nitrogens with zero attached hydrogens (tertiary/aromatic N) is 3. The first-order valence-corrected chi connectivity index (χ1v) is 17.5. The number of halogens is 1. The molecule has 0 aliphatic carbocycles. The molecule has 0 radical (unpaired) electrons. The Labute approximate surface area is 278 Å². The lowest BCUT2D eigenvalue weighted by Gasteiger charge is -2.25. The van der Waals surface area contributed by atoms with Crippen LogP contribution < -0.4 is 4.72 Å². The van der Waals surface area contributed by atoms with Crippen LogP contribution >= 0.6 is 11.6 Å². The average molecular weight is 679 g/mol. The van der Waals surface area contributed by atoms with Gasteiger partial charge in [0.2, 0.25) is 0 Å². The van der Waals surface area contributed by atoms with E-state index < -0.39 is 37.4 Å². The second kappa shape index (κ2) is 13.6. The number of fused-ring (bicyclic) bond motifs is 1. The number of aliphatic hydroxyl groups is 1. The van der Waals surface area contributed by atoms with E-state index in [9.17, 15) is 17.7 Å². The quantitative estimate of drug-likeness (QED) is 0.165. The molecule has 0 spiro atoms. The van der Waals surface area contributed by atoms with Crippen LogP contribution in [-0.2, 0) is 26.6 Å². The van der Waals surface area contributed by atoms with Gasteiger partial charge in [0.1, 0.15) is 11.9 Å². The van der Waals surface area contributed by atoms with Gasteiger partial charge in [0.05, 0.1) is 43.0 Å². The second-order valence-corrected chi connectivity index (χ2v) is 16.4. The van der Waals surface area contributed by atoms with Crippen molar-refractivity contribution in [1.82, 2.24) is 18.7 Å². The van der Waals surface area contributed by atoms with Crippen molar-refractivity contribution in [3.8, 4) is 11.3 Å². The van der Waals surface area contributed by atoms with E-state index in [1.807, 2.05) is 33.8 Å². The lowest BCUT2D eigenvalue weighted by atomic mass is 9.97. The van der Waals surface area contributed by atoms with Gasteiger partial charge in [0, 0.05) is 16.8 Å². The monoisotopic (exact) mass is 678 g/mol. The highest BCUT2D eigenvalue weighted by Gasteiger charge is 2.34. The number of nitrogens with one attached hydrogen (secondary N) is 1. The van der Waals surface area contributed by atoms with Crippen molar-refractivity contribution < 1.29 is 17.7 Å². The molecule has 2 N–H and O–H groups in total. The highest BCUT2D eigenvalue weighted by Crippen LogP contribution is 2.37. The van der Waals surface area contributed by atoms with Gasteiger partial charge in [-0.3, -0.25) is 4.98 Å². The van der Waals surface area contributed by atoms with Gasteiger partial charge in [-0.1, -0.05) is 59.6 Å². The van der Waals surface area contributed by atoms with Gasteiger partial charge in [-0.25, -0.2) is 26.3 Å². The van der Waals surface area contributed by atoms with Crippen LogP contribution in [0.2, 0.25) is 5.02 Å². The molecular weight excluding hydrogens is 640 g/mol. The van der Waals surface area contributed by atoms with Gasteiger partial charge in [-0.05, 0) is 89.1 Å². The Kier molecular flexibility index (Phi) is 10.4. The molecule has 2 aromatic heterocycles. The van der Waals surface area contributed by atoms with Crippen LogP contribution in [0.25, 0.3) is 22.3 Å². The van der Waals surface area contributed by atoms with E-state index >= 15 is 0 Å². The van der Waals surface area contributed by atoms with Gasteiger partial charge in [0.15, 0.2) is 0 Å². The van der Waals surface area contributed by atoms with Gasteiger partial charge < -0.3 is 5.11 Å². The lowest BCUT2D eigenvalue weighted by Crippen LogP contribution is -2.37. The zero-order chi connectivity index (χ0) is 34.0. The Hall–Kier alpha value is -3.67. The Balaban J connectivity index is 0.00000235. The highest BCUT2D eigenvalue weighted by atomic mass is 35.5. The summed E-state index contributed by atoms with van der Waals surface area (Å²) in [6, 6.07) is 21.4.